The third-order valence-electron chi connectivity index (χ3n) is 3.73. The van der Waals surface area contributed by atoms with Crippen molar-refractivity contribution in [2.45, 2.75) is 36.6 Å². The molecule has 5 N–H and O–H groups in total. The molecule has 1 aromatic carbocycles. The number of nitrogen functional groups attached to an aromatic ring is 1. The van der Waals surface area contributed by atoms with Gasteiger partial charge >= 0.3 is 0 Å². The Hall–Kier alpha value is -1.67. The van der Waals surface area contributed by atoms with Crippen molar-refractivity contribution in [3.05, 3.63) is 24.0 Å². The number of rotatable bonds is 4. The zero-order valence-corrected chi connectivity index (χ0v) is 12.2. The summed E-state index contributed by atoms with van der Waals surface area (Å²) >= 11 is 0. The fourth-order valence-corrected chi connectivity index (χ4v) is 3.77. The van der Waals surface area contributed by atoms with Crippen LogP contribution in [0.5, 0.6) is 0 Å². The van der Waals surface area contributed by atoms with E-state index in [4.69, 9.17) is 11.5 Å². The van der Waals surface area contributed by atoms with Crippen molar-refractivity contribution in [1.82, 2.24) is 4.72 Å². The molecule has 0 aromatic heterocycles. The van der Waals surface area contributed by atoms with E-state index in [0.717, 1.165) is 6.07 Å². The Morgan fingerprint density at radius 3 is 2.38 bits per heavy atom. The van der Waals surface area contributed by atoms with Crippen LogP contribution < -0.4 is 16.2 Å². The molecular formula is C13H18FN3O3S. The smallest absolute Gasteiger partial charge is 0.240 e. The maximum absolute atomic E-state index is 13.4. The van der Waals surface area contributed by atoms with E-state index in [1.165, 1.54) is 12.1 Å². The Morgan fingerprint density at radius 2 is 1.86 bits per heavy atom. The molecular weight excluding hydrogens is 297 g/mol. The van der Waals surface area contributed by atoms with Gasteiger partial charge in [-0.1, -0.05) is 0 Å². The van der Waals surface area contributed by atoms with Gasteiger partial charge in [0.2, 0.25) is 15.9 Å². The number of amides is 1. The molecule has 2 rings (SSSR count). The summed E-state index contributed by atoms with van der Waals surface area (Å²) in [5, 5.41) is 0. The molecule has 1 saturated carbocycles. The molecule has 1 aliphatic carbocycles. The molecule has 0 saturated heterocycles. The predicted molar refractivity (Wildman–Crippen MR) is 76.1 cm³/mol. The van der Waals surface area contributed by atoms with Crippen molar-refractivity contribution in [2.24, 2.45) is 11.7 Å². The molecule has 0 spiro atoms. The number of carbonyl (C=O) groups excluding carboxylic acids is 1. The minimum absolute atomic E-state index is 0.101. The standard InChI is InChI=1S/C13H18FN3O3S/c14-11-7-10(5-6-12(11)15)21(19,20)17-9-3-1-8(2-4-9)13(16)18/h5-9,17H,1-4,15H2,(H2,16,18). The molecule has 0 atom stereocenters. The lowest BCUT2D eigenvalue weighted by atomic mass is 9.86. The van der Waals surface area contributed by atoms with Crippen LogP contribution in [0.1, 0.15) is 25.7 Å². The number of sulfonamides is 1. The lowest BCUT2D eigenvalue weighted by Crippen LogP contribution is -2.39. The second-order valence-electron chi connectivity index (χ2n) is 5.26. The van der Waals surface area contributed by atoms with E-state index in [1.54, 1.807) is 0 Å². The van der Waals surface area contributed by atoms with E-state index in [2.05, 4.69) is 4.72 Å². The van der Waals surface area contributed by atoms with E-state index in [1.807, 2.05) is 0 Å². The fourth-order valence-electron chi connectivity index (χ4n) is 2.46. The zero-order valence-electron chi connectivity index (χ0n) is 11.4. The SMILES string of the molecule is NC(=O)C1CCC(NS(=O)(=O)c2ccc(N)c(F)c2)CC1. The number of nitrogens with two attached hydrogens (primary N) is 2. The number of halogens is 1. The summed E-state index contributed by atoms with van der Waals surface area (Å²) in [6, 6.07) is 3.10. The summed E-state index contributed by atoms with van der Waals surface area (Å²) in [5.41, 5.74) is 10.5. The Morgan fingerprint density at radius 1 is 1.24 bits per heavy atom. The first kappa shape index (κ1) is 15.7. The Bertz CT molecular complexity index is 640. The molecule has 0 radical (unpaired) electrons. The second-order valence-corrected chi connectivity index (χ2v) is 6.97. The monoisotopic (exact) mass is 315 g/mol. The molecule has 0 aliphatic heterocycles. The highest BCUT2D eigenvalue weighted by Crippen LogP contribution is 2.25. The van der Waals surface area contributed by atoms with Crippen LogP contribution in [0.25, 0.3) is 0 Å². The van der Waals surface area contributed by atoms with Crippen molar-refractivity contribution in [2.75, 3.05) is 5.73 Å². The van der Waals surface area contributed by atoms with Crippen molar-refractivity contribution in [3.63, 3.8) is 0 Å². The van der Waals surface area contributed by atoms with Gasteiger partial charge in [0.05, 0.1) is 10.6 Å². The van der Waals surface area contributed by atoms with Crippen LogP contribution >= 0.6 is 0 Å². The maximum atomic E-state index is 13.4. The van der Waals surface area contributed by atoms with Crippen LogP contribution in [0.2, 0.25) is 0 Å². The van der Waals surface area contributed by atoms with Crippen LogP contribution in [0.4, 0.5) is 10.1 Å². The molecule has 1 fully saturated rings. The van der Waals surface area contributed by atoms with Crippen molar-refractivity contribution >= 4 is 21.6 Å². The summed E-state index contributed by atoms with van der Waals surface area (Å²) in [6.07, 6.45) is 2.17. The minimum Gasteiger partial charge on any atom is -0.396 e. The van der Waals surface area contributed by atoms with Gasteiger partial charge in [-0.15, -0.1) is 0 Å². The highest BCUT2D eigenvalue weighted by Gasteiger charge is 2.28. The van der Waals surface area contributed by atoms with E-state index >= 15 is 0 Å². The number of hydrogen-bond acceptors (Lipinski definition) is 4. The first-order valence-electron chi connectivity index (χ1n) is 6.66. The van der Waals surface area contributed by atoms with Crippen LogP contribution in [0, 0.1) is 11.7 Å². The molecule has 0 heterocycles. The number of anilines is 1. The van der Waals surface area contributed by atoms with E-state index in [-0.39, 0.29) is 28.4 Å². The largest absolute Gasteiger partial charge is 0.396 e. The Kier molecular flexibility index (Phi) is 4.48. The molecule has 1 amide bonds. The number of benzene rings is 1. The van der Waals surface area contributed by atoms with E-state index in [9.17, 15) is 17.6 Å². The topological polar surface area (TPSA) is 115 Å². The molecule has 8 heteroatoms. The summed E-state index contributed by atoms with van der Waals surface area (Å²) in [7, 11) is -3.80. The predicted octanol–water partition coefficient (Wildman–Crippen LogP) is 0.730. The van der Waals surface area contributed by atoms with Gasteiger partial charge in [-0.05, 0) is 43.9 Å². The van der Waals surface area contributed by atoms with Gasteiger partial charge < -0.3 is 11.5 Å². The van der Waals surface area contributed by atoms with Crippen LogP contribution in [0.3, 0.4) is 0 Å². The van der Waals surface area contributed by atoms with Crippen LogP contribution in [-0.4, -0.2) is 20.4 Å². The van der Waals surface area contributed by atoms with Gasteiger partial charge in [-0.3, -0.25) is 4.79 Å². The third-order valence-corrected chi connectivity index (χ3v) is 5.25. The Balaban J connectivity index is 2.05. The van der Waals surface area contributed by atoms with Crippen LogP contribution in [-0.2, 0) is 14.8 Å². The Labute approximate surface area is 122 Å². The first-order valence-corrected chi connectivity index (χ1v) is 8.14. The molecule has 1 aromatic rings. The number of primary amides is 1. The van der Waals surface area contributed by atoms with Gasteiger partial charge in [0.1, 0.15) is 5.82 Å². The first-order chi connectivity index (χ1) is 9.79. The highest BCUT2D eigenvalue weighted by molar-refractivity contribution is 7.89. The number of nitrogens with one attached hydrogen (secondary N) is 1. The molecule has 0 unspecified atom stereocenters. The van der Waals surface area contributed by atoms with Crippen molar-refractivity contribution < 1.29 is 17.6 Å². The van der Waals surface area contributed by atoms with Gasteiger partial charge in [0.25, 0.3) is 0 Å². The quantitative estimate of drug-likeness (QED) is 0.710. The second kappa shape index (κ2) is 5.98. The van der Waals surface area contributed by atoms with Gasteiger partial charge in [0.15, 0.2) is 0 Å². The number of carbonyl (C=O) groups is 1. The average Bonchev–Trinajstić information content (AvgIpc) is 2.42. The third kappa shape index (κ3) is 3.70. The van der Waals surface area contributed by atoms with Gasteiger partial charge in [-0.2, -0.15) is 0 Å². The number of hydrogen-bond donors (Lipinski definition) is 3. The fraction of sp³-hybridized carbons (Fsp3) is 0.462. The summed E-state index contributed by atoms with van der Waals surface area (Å²) in [6.45, 7) is 0. The van der Waals surface area contributed by atoms with Crippen molar-refractivity contribution in [1.29, 1.82) is 0 Å². The molecule has 21 heavy (non-hydrogen) atoms. The zero-order chi connectivity index (χ0) is 15.6. The lowest BCUT2D eigenvalue weighted by Gasteiger charge is -2.27. The van der Waals surface area contributed by atoms with E-state index < -0.39 is 15.8 Å². The molecule has 0 bridgehead atoms. The lowest BCUT2D eigenvalue weighted by molar-refractivity contribution is -0.122. The van der Waals surface area contributed by atoms with Gasteiger partial charge in [-0.25, -0.2) is 17.5 Å². The maximum Gasteiger partial charge on any atom is 0.240 e. The summed E-state index contributed by atoms with van der Waals surface area (Å²) in [4.78, 5) is 10.9. The van der Waals surface area contributed by atoms with Gasteiger partial charge in [0, 0.05) is 12.0 Å². The molecule has 6 nitrogen and oxygen atoms in total. The van der Waals surface area contributed by atoms with E-state index in [0.29, 0.717) is 25.7 Å². The summed E-state index contributed by atoms with van der Waals surface area (Å²) in [5.74, 6) is -1.31. The van der Waals surface area contributed by atoms with Crippen molar-refractivity contribution in [3.8, 4) is 0 Å². The summed E-state index contributed by atoms with van der Waals surface area (Å²) < 4.78 is 40.2. The molecule has 116 valence electrons. The average molecular weight is 315 g/mol. The normalized spacial score (nSPS) is 22.9. The molecule has 1 aliphatic rings. The van der Waals surface area contributed by atoms with Crippen LogP contribution in [0.15, 0.2) is 23.1 Å². The minimum atomic E-state index is -3.80. The highest BCUT2D eigenvalue weighted by atomic mass is 32.2.